The number of hydrogen-bond donors (Lipinski definition) is 2. The SMILES string of the molecule is O=C(c1ccc([N+](=O)[O-])[nH]1)N1CCC[C@@H]1CO. The standard InChI is InChI=1S/C10H13N3O4/c14-6-7-2-1-5-12(7)10(15)8-3-4-9(11-8)13(16)17/h3-4,7,11,14H,1-2,5-6H2/t7-/m1/s1. The zero-order valence-electron chi connectivity index (χ0n) is 9.13. The van der Waals surface area contributed by atoms with E-state index in [9.17, 15) is 14.9 Å². The van der Waals surface area contributed by atoms with Crippen molar-refractivity contribution in [1.82, 2.24) is 9.88 Å². The maximum absolute atomic E-state index is 12.0. The Hall–Kier alpha value is -1.89. The molecule has 2 N–H and O–H groups in total. The molecule has 1 atom stereocenters. The fourth-order valence-electron chi connectivity index (χ4n) is 2.06. The third-order valence-corrected chi connectivity index (χ3v) is 2.95. The van der Waals surface area contributed by atoms with Gasteiger partial charge in [-0.05, 0) is 23.8 Å². The minimum atomic E-state index is -0.579. The normalized spacial score (nSPS) is 19.6. The lowest BCUT2D eigenvalue weighted by Crippen LogP contribution is -2.37. The van der Waals surface area contributed by atoms with Gasteiger partial charge >= 0.3 is 5.82 Å². The zero-order valence-corrected chi connectivity index (χ0v) is 9.13. The fourth-order valence-corrected chi connectivity index (χ4v) is 2.06. The molecule has 0 aromatic carbocycles. The van der Waals surface area contributed by atoms with E-state index in [4.69, 9.17) is 5.11 Å². The number of nitrogens with one attached hydrogen (secondary N) is 1. The number of carbonyl (C=O) groups excluding carboxylic acids is 1. The number of aromatic amines is 1. The van der Waals surface area contributed by atoms with Gasteiger partial charge in [0.2, 0.25) is 0 Å². The number of carbonyl (C=O) groups is 1. The highest BCUT2D eigenvalue weighted by Gasteiger charge is 2.31. The van der Waals surface area contributed by atoms with Gasteiger partial charge in [-0.3, -0.25) is 4.79 Å². The summed E-state index contributed by atoms with van der Waals surface area (Å²) in [7, 11) is 0. The maximum Gasteiger partial charge on any atom is 0.321 e. The van der Waals surface area contributed by atoms with Crippen molar-refractivity contribution in [3.63, 3.8) is 0 Å². The second-order valence-corrected chi connectivity index (χ2v) is 3.99. The number of nitrogens with zero attached hydrogens (tertiary/aromatic N) is 2. The van der Waals surface area contributed by atoms with E-state index >= 15 is 0 Å². The molecule has 0 aliphatic carbocycles. The molecule has 1 aliphatic heterocycles. The Morgan fingerprint density at radius 2 is 2.41 bits per heavy atom. The van der Waals surface area contributed by atoms with Gasteiger partial charge in [0.25, 0.3) is 5.91 Å². The van der Waals surface area contributed by atoms with Crippen LogP contribution in [-0.2, 0) is 0 Å². The number of amides is 1. The van der Waals surface area contributed by atoms with Crippen molar-refractivity contribution < 1.29 is 14.8 Å². The predicted molar refractivity (Wildman–Crippen MR) is 58.6 cm³/mol. The van der Waals surface area contributed by atoms with Crippen LogP contribution in [0.1, 0.15) is 23.3 Å². The first-order chi connectivity index (χ1) is 8.13. The van der Waals surface area contributed by atoms with Gasteiger partial charge in [0.15, 0.2) is 5.69 Å². The highest BCUT2D eigenvalue weighted by atomic mass is 16.6. The molecule has 0 spiro atoms. The van der Waals surface area contributed by atoms with E-state index in [2.05, 4.69) is 4.98 Å². The van der Waals surface area contributed by atoms with Crippen molar-refractivity contribution in [2.75, 3.05) is 13.2 Å². The number of rotatable bonds is 3. The van der Waals surface area contributed by atoms with Gasteiger partial charge in [0.1, 0.15) is 0 Å². The quantitative estimate of drug-likeness (QED) is 0.593. The van der Waals surface area contributed by atoms with Crippen molar-refractivity contribution >= 4 is 11.7 Å². The number of H-pyrrole nitrogens is 1. The Bertz CT molecular complexity index is 443. The number of aromatic nitrogens is 1. The van der Waals surface area contributed by atoms with Crippen LogP contribution in [-0.4, -0.2) is 45.0 Å². The van der Waals surface area contributed by atoms with Crippen LogP contribution in [0.4, 0.5) is 5.82 Å². The number of hydrogen-bond acceptors (Lipinski definition) is 4. The topological polar surface area (TPSA) is 99.5 Å². The van der Waals surface area contributed by atoms with Crippen LogP contribution < -0.4 is 0 Å². The smallest absolute Gasteiger partial charge is 0.321 e. The minimum absolute atomic E-state index is 0.0749. The number of aliphatic hydroxyl groups is 1. The molecule has 0 bridgehead atoms. The third-order valence-electron chi connectivity index (χ3n) is 2.95. The van der Waals surface area contributed by atoms with Gasteiger partial charge in [0.05, 0.1) is 12.6 Å². The predicted octanol–water partition coefficient (Wildman–Crippen LogP) is 0.520. The lowest BCUT2D eigenvalue weighted by Gasteiger charge is -2.21. The van der Waals surface area contributed by atoms with E-state index in [0.717, 1.165) is 12.8 Å². The summed E-state index contributed by atoms with van der Waals surface area (Å²) >= 11 is 0. The van der Waals surface area contributed by atoms with Crippen LogP contribution in [0.25, 0.3) is 0 Å². The van der Waals surface area contributed by atoms with Crippen LogP contribution >= 0.6 is 0 Å². The molecule has 7 nitrogen and oxygen atoms in total. The molecule has 2 heterocycles. The Morgan fingerprint density at radius 3 is 3.00 bits per heavy atom. The molecule has 0 radical (unpaired) electrons. The van der Waals surface area contributed by atoms with Crippen molar-refractivity contribution in [2.45, 2.75) is 18.9 Å². The molecule has 1 saturated heterocycles. The summed E-state index contributed by atoms with van der Waals surface area (Å²) < 4.78 is 0. The first kappa shape index (κ1) is 11.6. The summed E-state index contributed by atoms with van der Waals surface area (Å²) in [5, 5.41) is 19.6. The molecule has 7 heteroatoms. The van der Waals surface area contributed by atoms with Crippen LogP contribution in [0.2, 0.25) is 0 Å². The monoisotopic (exact) mass is 239 g/mol. The van der Waals surface area contributed by atoms with E-state index in [1.165, 1.54) is 12.1 Å². The minimum Gasteiger partial charge on any atom is -0.394 e. The van der Waals surface area contributed by atoms with Crippen LogP contribution in [0.3, 0.4) is 0 Å². The molecule has 2 rings (SSSR count). The Balaban J connectivity index is 2.16. The molecule has 1 aromatic heterocycles. The molecule has 0 saturated carbocycles. The van der Waals surface area contributed by atoms with Gasteiger partial charge in [-0.15, -0.1) is 0 Å². The van der Waals surface area contributed by atoms with Crippen LogP contribution in [0, 0.1) is 10.1 Å². The number of aliphatic hydroxyl groups excluding tert-OH is 1. The molecular formula is C10H13N3O4. The van der Waals surface area contributed by atoms with Crippen LogP contribution in [0.15, 0.2) is 12.1 Å². The Kier molecular flexibility index (Phi) is 3.10. The highest BCUT2D eigenvalue weighted by Crippen LogP contribution is 2.20. The second kappa shape index (κ2) is 4.54. The summed E-state index contributed by atoms with van der Waals surface area (Å²) in [5.41, 5.74) is 0.192. The third kappa shape index (κ3) is 2.14. The maximum atomic E-state index is 12.0. The number of likely N-dealkylation sites (tertiary alicyclic amines) is 1. The summed E-state index contributed by atoms with van der Waals surface area (Å²) in [6.45, 7) is 0.505. The van der Waals surface area contributed by atoms with Gasteiger partial charge in [-0.25, -0.2) is 4.98 Å². The first-order valence-corrected chi connectivity index (χ1v) is 5.38. The molecule has 1 fully saturated rings. The van der Waals surface area contributed by atoms with Crippen molar-refractivity contribution in [1.29, 1.82) is 0 Å². The molecule has 1 amide bonds. The Morgan fingerprint density at radius 1 is 1.65 bits per heavy atom. The lowest BCUT2D eigenvalue weighted by molar-refractivity contribution is -0.389. The summed E-state index contributed by atoms with van der Waals surface area (Å²) in [6.07, 6.45) is 1.62. The van der Waals surface area contributed by atoms with Crippen molar-refractivity contribution in [3.05, 3.63) is 27.9 Å². The van der Waals surface area contributed by atoms with Crippen molar-refractivity contribution in [2.24, 2.45) is 0 Å². The summed E-state index contributed by atoms with van der Waals surface area (Å²) in [5.74, 6) is -0.497. The molecule has 0 unspecified atom stereocenters. The van der Waals surface area contributed by atoms with Crippen LogP contribution in [0.5, 0.6) is 0 Å². The molecule has 92 valence electrons. The van der Waals surface area contributed by atoms with E-state index in [0.29, 0.717) is 6.54 Å². The fraction of sp³-hybridized carbons (Fsp3) is 0.500. The van der Waals surface area contributed by atoms with E-state index in [1.807, 2.05) is 0 Å². The van der Waals surface area contributed by atoms with Crippen molar-refractivity contribution in [3.8, 4) is 0 Å². The number of nitro groups is 1. The zero-order chi connectivity index (χ0) is 12.4. The largest absolute Gasteiger partial charge is 0.394 e. The van der Waals surface area contributed by atoms with E-state index in [1.54, 1.807) is 4.90 Å². The molecule has 1 aliphatic rings. The Labute approximate surface area is 97.2 Å². The van der Waals surface area contributed by atoms with Gasteiger partial charge < -0.3 is 20.1 Å². The lowest BCUT2D eigenvalue weighted by atomic mass is 10.2. The van der Waals surface area contributed by atoms with Gasteiger partial charge in [-0.2, -0.15) is 0 Å². The molecule has 17 heavy (non-hydrogen) atoms. The molecular weight excluding hydrogens is 226 g/mol. The highest BCUT2D eigenvalue weighted by molar-refractivity contribution is 5.93. The van der Waals surface area contributed by atoms with Gasteiger partial charge in [-0.1, -0.05) is 0 Å². The molecule has 1 aromatic rings. The average Bonchev–Trinajstić information content (AvgIpc) is 2.96. The first-order valence-electron chi connectivity index (χ1n) is 5.38. The van der Waals surface area contributed by atoms with Gasteiger partial charge in [0, 0.05) is 12.6 Å². The summed E-state index contributed by atoms with van der Waals surface area (Å²) in [6, 6.07) is 2.48. The van der Waals surface area contributed by atoms with E-state index in [-0.39, 0.29) is 30.1 Å². The second-order valence-electron chi connectivity index (χ2n) is 3.99. The average molecular weight is 239 g/mol. The summed E-state index contributed by atoms with van der Waals surface area (Å²) in [4.78, 5) is 25.9. The van der Waals surface area contributed by atoms with E-state index < -0.39 is 4.92 Å².